The van der Waals surface area contributed by atoms with Crippen molar-refractivity contribution in [2.45, 2.75) is 19.8 Å². The van der Waals surface area contributed by atoms with Crippen molar-refractivity contribution in [3.8, 4) is 0 Å². The van der Waals surface area contributed by atoms with E-state index in [1.165, 1.54) is 0 Å². The highest BCUT2D eigenvalue weighted by molar-refractivity contribution is 5.91. The topological polar surface area (TPSA) is 52.2 Å². The van der Waals surface area contributed by atoms with Gasteiger partial charge in [-0.2, -0.15) is 0 Å². The molecular formula is C10H20N2O2. The maximum Gasteiger partial charge on any atom is 0.246 e. The van der Waals surface area contributed by atoms with Gasteiger partial charge in [0.1, 0.15) is 0 Å². The van der Waals surface area contributed by atoms with E-state index in [0.717, 1.165) is 12.8 Å². The second-order valence-electron chi connectivity index (χ2n) is 4.04. The smallest absolute Gasteiger partial charge is 0.246 e. The first-order valence-corrected chi connectivity index (χ1v) is 4.80. The molecule has 0 heterocycles. The van der Waals surface area contributed by atoms with Crippen molar-refractivity contribution in [2.75, 3.05) is 27.2 Å². The molecule has 0 aliphatic carbocycles. The Kier molecular flexibility index (Phi) is 5.42. The van der Waals surface area contributed by atoms with E-state index in [2.05, 4.69) is 11.9 Å². The molecule has 0 fully saturated rings. The van der Waals surface area contributed by atoms with Gasteiger partial charge in [0.25, 0.3) is 0 Å². The second kappa shape index (κ2) is 5.78. The largest absolute Gasteiger partial charge is 0.633 e. The second-order valence-corrected chi connectivity index (χ2v) is 4.04. The van der Waals surface area contributed by atoms with Gasteiger partial charge in [0.15, 0.2) is 0 Å². The molecule has 4 heteroatoms. The van der Waals surface area contributed by atoms with Crippen molar-refractivity contribution < 1.29 is 9.44 Å². The van der Waals surface area contributed by atoms with Gasteiger partial charge < -0.3 is 15.2 Å². The van der Waals surface area contributed by atoms with E-state index in [-0.39, 0.29) is 10.6 Å². The summed E-state index contributed by atoms with van der Waals surface area (Å²) in [5.41, 5.74) is 0.518. The molecule has 0 bridgehead atoms. The number of unbranched alkanes of at least 4 members (excludes halogenated alkanes) is 1. The summed E-state index contributed by atoms with van der Waals surface area (Å²) in [5, 5.41) is 13.9. The molecule has 0 aromatic carbocycles. The predicted molar refractivity (Wildman–Crippen MR) is 57.4 cm³/mol. The number of carbonyl (C=O) groups excluding carboxylic acids is 1. The number of hydrogen-bond acceptors (Lipinski definition) is 2. The fourth-order valence-corrected chi connectivity index (χ4v) is 0.970. The summed E-state index contributed by atoms with van der Waals surface area (Å²) in [6.45, 7) is 6.40. The standard InChI is InChI=1S/C10H20N2O2/c1-9(2)10(13)11-7-5-6-8-12(3,4)14/h1,5-8H2,2-4H3,(H,11,13). The van der Waals surface area contributed by atoms with Crippen LogP contribution in [0.1, 0.15) is 19.8 Å². The van der Waals surface area contributed by atoms with Gasteiger partial charge >= 0.3 is 0 Å². The van der Waals surface area contributed by atoms with Crippen LogP contribution < -0.4 is 5.32 Å². The third-order valence-corrected chi connectivity index (χ3v) is 1.80. The molecule has 0 rings (SSSR count). The van der Waals surface area contributed by atoms with Crippen LogP contribution in [0.15, 0.2) is 12.2 Å². The van der Waals surface area contributed by atoms with Crippen molar-refractivity contribution in [1.29, 1.82) is 0 Å². The van der Waals surface area contributed by atoms with Gasteiger partial charge in [-0.3, -0.25) is 4.79 Å². The number of hydroxylamine groups is 3. The molecule has 1 amide bonds. The quantitative estimate of drug-likeness (QED) is 0.301. The molecule has 0 aliphatic heterocycles. The minimum Gasteiger partial charge on any atom is -0.633 e. The molecule has 0 aromatic heterocycles. The first-order chi connectivity index (χ1) is 6.33. The van der Waals surface area contributed by atoms with Crippen molar-refractivity contribution in [3.63, 3.8) is 0 Å². The first kappa shape index (κ1) is 13.1. The highest BCUT2D eigenvalue weighted by atomic mass is 16.5. The van der Waals surface area contributed by atoms with Gasteiger partial charge in [-0.1, -0.05) is 6.58 Å². The lowest BCUT2D eigenvalue weighted by atomic mass is 10.2. The summed E-state index contributed by atoms with van der Waals surface area (Å²) in [6.07, 6.45) is 1.66. The Labute approximate surface area is 85.8 Å². The summed E-state index contributed by atoms with van der Waals surface area (Å²) in [5.74, 6) is -0.110. The number of rotatable bonds is 6. The van der Waals surface area contributed by atoms with Crippen LogP contribution in [0.2, 0.25) is 0 Å². The van der Waals surface area contributed by atoms with Crippen LogP contribution in [0, 0.1) is 5.21 Å². The number of nitrogens with zero attached hydrogens (tertiary/aromatic N) is 1. The molecular weight excluding hydrogens is 180 g/mol. The van der Waals surface area contributed by atoms with Crippen LogP contribution in [0.3, 0.4) is 0 Å². The van der Waals surface area contributed by atoms with E-state index in [1.807, 2.05) is 0 Å². The number of amides is 1. The van der Waals surface area contributed by atoms with Gasteiger partial charge in [0, 0.05) is 12.1 Å². The molecule has 0 radical (unpaired) electrons. The van der Waals surface area contributed by atoms with Crippen molar-refractivity contribution in [3.05, 3.63) is 17.4 Å². The van der Waals surface area contributed by atoms with Gasteiger partial charge in [-0.25, -0.2) is 0 Å². The number of hydrogen-bond donors (Lipinski definition) is 1. The molecule has 1 N–H and O–H groups in total. The van der Waals surface area contributed by atoms with Crippen LogP contribution in [0.5, 0.6) is 0 Å². The lowest BCUT2D eigenvalue weighted by Crippen LogP contribution is -2.33. The average molecular weight is 200 g/mol. The fourth-order valence-electron chi connectivity index (χ4n) is 0.970. The minimum absolute atomic E-state index is 0.110. The molecule has 0 saturated carbocycles. The third kappa shape index (κ3) is 7.76. The Morgan fingerprint density at radius 1 is 1.43 bits per heavy atom. The van der Waals surface area contributed by atoms with E-state index in [9.17, 15) is 10.0 Å². The first-order valence-electron chi connectivity index (χ1n) is 4.80. The summed E-state index contributed by atoms with van der Waals surface area (Å²) < 4.78 is -0.269. The Bertz CT molecular complexity index is 207. The van der Waals surface area contributed by atoms with Crippen LogP contribution in [0.4, 0.5) is 0 Å². The Morgan fingerprint density at radius 2 is 2.00 bits per heavy atom. The zero-order valence-electron chi connectivity index (χ0n) is 9.30. The SMILES string of the molecule is C=C(C)C(=O)NCCCC[N+](C)(C)[O-]. The van der Waals surface area contributed by atoms with Crippen LogP contribution >= 0.6 is 0 Å². The summed E-state index contributed by atoms with van der Waals surface area (Å²) in [6, 6.07) is 0. The highest BCUT2D eigenvalue weighted by Gasteiger charge is 2.02. The monoisotopic (exact) mass is 200 g/mol. The van der Waals surface area contributed by atoms with Crippen molar-refractivity contribution in [1.82, 2.24) is 5.32 Å². The van der Waals surface area contributed by atoms with Gasteiger partial charge in [0.05, 0.1) is 20.6 Å². The van der Waals surface area contributed by atoms with Crippen molar-refractivity contribution >= 4 is 5.91 Å². The average Bonchev–Trinajstić information content (AvgIpc) is 2.01. The zero-order chi connectivity index (χ0) is 11.2. The number of carbonyl (C=O) groups is 1. The summed E-state index contributed by atoms with van der Waals surface area (Å²) >= 11 is 0. The van der Waals surface area contributed by atoms with Gasteiger partial charge in [-0.15, -0.1) is 0 Å². The molecule has 0 aliphatic rings. The highest BCUT2D eigenvalue weighted by Crippen LogP contribution is 1.97. The third-order valence-electron chi connectivity index (χ3n) is 1.80. The van der Waals surface area contributed by atoms with Crippen molar-refractivity contribution in [2.24, 2.45) is 0 Å². The lowest BCUT2D eigenvalue weighted by Gasteiger charge is -2.33. The minimum atomic E-state index is -0.269. The zero-order valence-corrected chi connectivity index (χ0v) is 9.30. The number of nitrogens with one attached hydrogen (secondary N) is 1. The Morgan fingerprint density at radius 3 is 2.43 bits per heavy atom. The maximum atomic E-state index is 11.1. The molecule has 0 atom stereocenters. The fraction of sp³-hybridized carbons (Fsp3) is 0.700. The van der Waals surface area contributed by atoms with Crippen LogP contribution in [-0.2, 0) is 4.79 Å². The van der Waals surface area contributed by atoms with Crippen LogP contribution in [-0.4, -0.2) is 37.7 Å². The van der Waals surface area contributed by atoms with E-state index in [1.54, 1.807) is 21.0 Å². The number of quaternary nitrogens is 1. The van der Waals surface area contributed by atoms with Gasteiger partial charge in [-0.05, 0) is 19.8 Å². The summed E-state index contributed by atoms with van der Waals surface area (Å²) in [4.78, 5) is 11.0. The molecule has 4 nitrogen and oxygen atoms in total. The molecule has 82 valence electrons. The Hall–Kier alpha value is -0.870. The van der Waals surface area contributed by atoms with E-state index in [4.69, 9.17) is 0 Å². The molecule has 0 aromatic rings. The molecule has 0 spiro atoms. The summed E-state index contributed by atoms with van der Waals surface area (Å²) in [7, 11) is 3.24. The molecule has 0 saturated heterocycles. The maximum absolute atomic E-state index is 11.1. The van der Waals surface area contributed by atoms with E-state index in [0.29, 0.717) is 18.7 Å². The normalized spacial score (nSPS) is 11.1. The molecule has 14 heavy (non-hydrogen) atoms. The molecule has 0 unspecified atom stereocenters. The van der Waals surface area contributed by atoms with Gasteiger partial charge in [0.2, 0.25) is 5.91 Å². The van der Waals surface area contributed by atoms with E-state index < -0.39 is 0 Å². The lowest BCUT2D eigenvalue weighted by molar-refractivity contribution is -0.840. The predicted octanol–water partition coefficient (Wildman–Crippen LogP) is 1.03. The van der Waals surface area contributed by atoms with E-state index >= 15 is 0 Å². The Balaban J connectivity index is 3.39. The van der Waals surface area contributed by atoms with Crippen LogP contribution in [0.25, 0.3) is 0 Å².